The molecule has 0 radical (unpaired) electrons. The van der Waals surface area contributed by atoms with Gasteiger partial charge in [-0.25, -0.2) is 0 Å². The monoisotopic (exact) mass is 360 g/mol. The molecule has 1 amide bonds. The Labute approximate surface area is 157 Å². The number of nitrogens with one attached hydrogen (secondary N) is 1. The molecule has 4 heteroatoms. The molecular weight excluding hydrogens is 332 g/mol. The molecule has 0 aliphatic carbocycles. The molecule has 0 atom stereocenters. The minimum atomic E-state index is 0. The lowest BCUT2D eigenvalue weighted by molar-refractivity contribution is -0.120. The van der Waals surface area contributed by atoms with Crippen molar-refractivity contribution in [2.24, 2.45) is 5.41 Å². The third kappa shape index (κ3) is 8.08. The largest absolute Gasteiger partial charge is 0.399 e. The van der Waals surface area contributed by atoms with Gasteiger partial charge in [-0.3, -0.25) is 4.79 Å². The van der Waals surface area contributed by atoms with Crippen LogP contribution in [0.5, 0.6) is 0 Å². The van der Waals surface area contributed by atoms with Crippen molar-refractivity contribution in [2.45, 2.75) is 39.5 Å². The van der Waals surface area contributed by atoms with Crippen molar-refractivity contribution in [1.29, 1.82) is 0 Å². The van der Waals surface area contributed by atoms with Gasteiger partial charge in [0.25, 0.3) is 0 Å². The van der Waals surface area contributed by atoms with Gasteiger partial charge < -0.3 is 11.1 Å². The average Bonchev–Trinajstić information content (AvgIpc) is 2.56. The highest BCUT2D eigenvalue weighted by Crippen LogP contribution is 2.22. The fourth-order valence-electron chi connectivity index (χ4n) is 2.73. The lowest BCUT2D eigenvalue weighted by Gasteiger charge is -2.25. The van der Waals surface area contributed by atoms with Gasteiger partial charge in [-0.05, 0) is 47.9 Å². The van der Waals surface area contributed by atoms with Crippen molar-refractivity contribution < 1.29 is 4.79 Å². The topological polar surface area (TPSA) is 55.1 Å². The smallest absolute Gasteiger partial charge is 0.224 e. The van der Waals surface area contributed by atoms with E-state index >= 15 is 0 Å². The van der Waals surface area contributed by atoms with Gasteiger partial charge in [-0.2, -0.15) is 0 Å². The number of carbonyl (C=O) groups excluding carboxylic acids is 1. The standard InChI is InChI=1S/C21H28N2O.ClH/c1-21(2,14-6-9-17-7-4-3-5-8-17)16-23-20(24)15-18-10-12-19(22)13-11-18;/h3-5,7-8,10-13H,6,9,14-16,22H2,1-2H3,(H,23,24);1H. The molecule has 0 spiro atoms. The molecule has 2 aromatic carbocycles. The third-order valence-corrected chi connectivity index (χ3v) is 4.27. The van der Waals surface area contributed by atoms with Crippen molar-refractivity contribution in [1.82, 2.24) is 5.32 Å². The molecule has 2 rings (SSSR count). The quantitative estimate of drug-likeness (QED) is 0.685. The number of anilines is 1. The molecule has 0 heterocycles. The highest BCUT2D eigenvalue weighted by Gasteiger charge is 2.18. The molecule has 3 N–H and O–H groups in total. The van der Waals surface area contributed by atoms with Crippen LogP contribution in [0.4, 0.5) is 5.69 Å². The molecular formula is C21H29ClN2O. The first-order chi connectivity index (χ1) is 11.4. The molecule has 0 saturated carbocycles. The van der Waals surface area contributed by atoms with Crippen molar-refractivity contribution in [2.75, 3.05) is 12.3 Å². The summed E-state index contributed by atoms with van der Waals surface area (Å²) in [6, 6.07) is 18.0. The number of aryl methyl sites for hydroxylation is 1. The lowest BCUT2D eigenvalue weighted by atomic mass is 9.86. The van der Waals surface area contributed by atoms with Crippen molar-refractivity contribution in [3.05, 3.63) is 65.7 Å². The van der Waals surface area contributed by atoms with Crippen LogP contribution in [0.25, 0.3) is 0 Å². The predicted octanol–water partition coefficient (Wildman–Crippen LogP) is 4.40. The number of carbonyl (C=O) groups is 1. The Bertz CT molecular complexity index is 639. The molecule has 0 saturated heterocycles. The van der Waals surface area contributed by atoms with Gasteiger partial charge in [-0.1, -0.05) is 56.3 Å². The highest BCUT2D eigenvalue weighted by molar-refractivity contribution is 5.85. The van der Waals surface area contributed by atoms with Crippen molar-refractivity contribution in [3.63, 3.8) is 0 Å². The van der Waals surface area contributed by atoms with Crippen LogP contribution in [0.15, 0.2) is 54.6 Å². The summed E-state index contributed by atoms with van der Waals surface area (Å²) in [4.78, 5) is 12.1. The van der Waals surface area contributed by atoms with E-state index in [2.05, 4.69) is 43.4 Å². The van der Waals surface area contributed by atoms with E-state index in [-0.39, 0.29) is 23.7 Å². The SMILES string of the molecule is CC(C)(CCCc1ccccc1)CNC(=O)Cc1ccc(N)cc1.Cl. The van der Waals surface area contributed by atoms with Crippen LogP contribution in [-0.2, 0) is 17.6 Å². The summed E-state index contributed by atoms with van der Waals surface area (Å²) >= 11 is 0. The molecule has 2 aromatic rings. The number of rotatable bonds is 8. The Kier molecular flexibility index (Phi) is 8.50. The predicted molar refractivity (Wildman–Crippen MR) is 108 cm³/mol. The Morgan fingerprint density at radius 3 is 2.28 bits per heavy atom. The van der Waals surface area contributed by atoms with E-state index in [4.69, 9.17) is 5.73 Å². The average molecular weight is 361 g/mol. The number of hydrogen-bond acceptors (Lipinski definition) is 2. The van der Waals surface area contributed by atoms with Crippen LogP contribution < -0.4 is 11.1 Å². The summed E-state index contributed by atoms with van der Waals surface area (Å²) in [5.74, 6) is 0.0657. The third-order valence-electron chi connectivity index (χ3n) is 4.27. The van der Waals surface area contributed by atoms with E-state index in [1.54, 1.807) is 0 Å². The molecule has 0 aliphatic heterocycles. The second-order valence-corrected chi connectivity index (χ2v) is 7.20. The maximum Gasteiger partial charge on any atom is 0.224 e. The van der Waals surface area contributed by atoms with Crippen LogP contribution in [0.3, 0.4) is 0 Å². The zero-order chi connectivity index (χ0) is 17.4. The van der Waals surface area contributed by atoms with E-state index in [0.29, 0.717) is 13.0 Å². The van der Waals surface area contributed by atoms with Crippen LogP contribution in [0, 0.1) is 5.41 Å². The van der Waals surface area contributed by atoms with E-state index in [0.717, 1.165) is 30.5 Å². The second-order valence-electron chi connectivity index (χ2n) is 7.20. The summed E-state index contributed by atoms with van der Waals surface area (Å²) in [6.07, 6.45) is 3.71. The molecule has 0 bridgehead atoms. The van der Waals surface area contributed by atoms with E-state index in [1.807, 2.05) is 30.3 Å². The minimum Gasteiger partial charge on any atom is -0.399 e. The highest BCUT2D eigenvalue weighted by atomic mass is 35.5. The summed E-state index contributed by atoms with van der Waals surface area (Å²) in [5.41, 5.74) is 8.85. The minimum absolute atomic E-state index is 0. The first-order valence-corrected chi connectivity index (χ1v) is 8.60. The molecule has 25 heavy (non-hydrogen) atoms. The fourth-order valence-corrected chi connectivity index (χ4v) is 2.73. The van der Waals surface area contributed by atoms with Gasteiger partial charge in [0, 0.05) is 12.2 Å². The number of nitrogen functional groups attached to an aromatic ring is 1. The Balaban J connectivity index is 0.00000312. The van der Waals surface area contributed by atoms with E-state index < -0.39 is 0 Å². The van der Waals surface area contributed by atoms with Crippen LogP contribution in [0.2, 0.25) is 0 Å². The first kappa shape index (κ1) is 21.0. The van der Waals surface area contributed by atoms with Gasteiger partial charge in [0.2, 0.25) is 5.91 Å². The zero-order valence-electron chi connectivity index (χ0n) is 15.1. The number of benzene rings is 2. The number of amides is 1. The van der Waals surface area contributed by atoms with Gasteiger partial charge in [0.05, 0.1) is 6.42 Å². The summed E-state index contributed by atoms with van der Waals surface area (Å²) in [7, 11) is 0. The normalized spacial score (nSPS) is 10.8. The van der Waals surface area contributed by atoms with Crippen LogP contribution >= 0.6 is 12.4 Å². The molecule has 0 fully saturated rings. The van der Waals surface area contributed by atoms with Gasteiger partial charge >= 0.3 is 0 Å². The summed E-state index contributed by atoms with van der Waals surface area (Å²) in [5, 5.41) is 3.06. The fraction of sp³-hybridized carbons (Fsp3) is 0.381. The maximum absolute atomic E-state index is 12.1. The summed E-state index contributed by atoms with van der Waals surface area (Å²) < 4.78 is 0. The first-order valence-electron chi connectivity index (χ1n) is 8.60. The number of hydrogen-bond donors (Lipinski definition) is 2. The molecule has 0 aromatic heterocycles. The summed E-state index contributed by atoms with van der Waals surface area (Å²) in [6.45, 7) is 5.12. The Morgan fingerprint density at radius 1 is 1.00 bits per heavy atom. The number of nitrogens with two attached hydrogens (primary N) is 1. The van der Waals surface area contributed by atoms with Crippen molar-refractivity contribution in [3.8, 4) is 0 Å². The van der Waals surface area contributed by atoms with Crippen LogP contribution in [0.1, 0.15) is 37.8 Å². The van der Waals surface area contributed by atoms with Crippen molar-refractivity contribution >= 4 is 24.0 Å². The van der Waals surface area contributed by atoms with Gasteiger partial charge in [-0.15, -0.1) is 12.4 Å². The molecule has 3 nitrogen and oxygen atoms in total. The molecule has 136 valence electrons. The van der Waals surface area contributed by atoms with E-state index in [9.17, 15) is 4.79 Å². The Morgan fingerprint density at radius 2 is 1.64 bits per heavy atom. The Hall–Kier alpha value is -2.00. The van der Waals surface area contributed by atoms with Crippen LogP contribution in [-0.4, -0.2) is 12.5 Å². The second kappa shape index (κ2) is 10.1. The molecule has 0 unspecified atom stereocenters. The molecule has 0 aliphatic rings. The van der Waals surface area contributed by atoms with E-state index in [1.165, 1.54) is 5.56 Å². The lowest BCUT2D eigenvalue weighted by Crippen LogP contribution is -2.35. The zero-order valence-corrected chi connectivity index (χ0v) is 15.9. The van der Waals surface area contributed by atoms with Gasteiger partial charge in [0.1, 0.15) is 0 Å². The van der Waals surface area contributed by atoms with Gasteiger partial charge in [0.15, 0.2) is 0 Å². The number of halogens is 1. The maximum atomic E-state index is 12.1.